The molecule has 0 spiro atoms. The highest BCUT2D eigenvalue weighted by molar-refractivity contribution is 9.10. The first-order valence-electron chi connectivity index (χ1n) is 6.53. The van der Waals surface area contributed by atoms with Gasteiger partial charge >= 0.3 is 0 Å². The number of hydrogen-bond donors (Lipinski definition) is 1. The van der Waals surface area contributed by atoms with Crippen molar-refractivity contribution in [2.45, 2.75) is 20.0 Å². The summed E-state index contributed by atoms with van der Waals surface area (Å²) < 4.78 is 13.9. The molecule has 0 aliphatic rings. The SMILES string of the molecule is CCN(c1ccc(F)cc1)c1ccc([C@H](C)O)c(Br)c1. The van der Waals surface area contributed by atoms with Crippen molar-refractivity contribution in [3.63, 3.8) is 0 Å². The van der Waals surface area contributed by atoms with Crippen LogP contribution in [0.5, 0.6) is 0 Å². The van der Waals surface area contributed by atoms with E-state index >= 15 is 0 Å². The lowest BCUT2D eigenvalue weighted by molar-refractivity contribution is 0.198. The van der Waals surface area contributed by atoms with Gasteiger partial charge in [-0.25, -0.2) is 4.39 Å². The fraction of sp³-hybridized carbons (Fsp3) is 0.250. The lowest BCUT2D eigenvalue weighted by atomic mass is 10.1. The molecule has 0 radical (unpaired) electrons. The van der Waals surface area contributed by atoms with Crippen molar-refractivity contribution in [2.24, 2.45) is 0 Å². The minimum Gasteiger partial charge on any atom is -0.389 e. The molecule has 4 heteroatoms. The molecule has 0 aliphatic heterocycles. The standard InChI is InChI=1S/C16H17BrFNO/c1-3-19(13-6-4-12(18)5-7-13)14-8-9-15(11(2)20)16(17)10-14/h4-11,20H,3H2,1-2H3/t11-/m0/s1. The zero-order valence-corrected chi connectivity index (χ0v) is 13.1. The van der Waals surface area contributed by atoms with Crippen molar-refractivity contribution in [1.82, 2.24) is 0 Å². The van der Waals surface area contributed by atoms with E-state index < -0.39 is 6.10 Å². The molecule has 0 fully saturated rings. The third-order valence-electron chi connectivity index (χ3n) is 3.20. The first kappa shape index (κ1) is 15.0. The van der Waals surface area contributed by atoms with E-state index in [2.05, 4.69) is 20.8 Å². The maximum Gasteiger partial charge on any atom is 0.123 e. The Kier molecular flexibility index (Phi) is 4.78. The van der Waals surface area contributed by atoms with Gasteiger partial charge in [-0.1, -0.05) is 22.0 Å². The molecule has 0 aliphatic carbocycles. The zero-order chi connectivity index (χ0) is 14.7. The summed E-state index contributed by atoms with van der Waals surface area (Å²) in [7, 11) is 0. The molecular weight excluding hydrogens is 321 g/mol. The number of aliphatic hydroxyl groups is 1. The summed E-state index contributed by atoms with van der Waals surface area (Å²) in [5.41, 5.74) is 2.78. The van der Waals surface area contributed by atoms with Crippen LogP contribution >= 0.6 is 15.9 Å². The Balaban J connectivity index is 2.37. The molecule has 0 heterocycles. The molecule has 0 bridgehead atoms. The van der Waals surface area contributed by atoms with Gasteiger partial charge in [0.1, 0.15) is 5.82 Å². The highest BCUT2D eigenvalue weighted by atomic mass is 79.9. The minimum atomic E-state index is -0.515. The lowest BCUT2D eigenvalue weighted by Gasteiger charge is -2.24. The minimum absolute atomic E-state index is 0.240. The molecule has 106 valence electrons. The van der Waals surface area contributed by atoms with Crippen LogP contribution in [0.1, 0.15) is 25.5 Å². The lowest BCUT2D eigenvalue weighted by Crippen LogP contribution is -2.16. The second kappa shape index (κ2) is 6.37. The first-order chi connectivity index (χ1) is 9.52. The molecule has 0 aromatic heterocycles. The molecule has 2 nitrogen and oxygen atoms in total. The monoisotopic (exact) mass is 337 g/mol. The average molecular weight is 338 g/mol. The van der Waals surface area contributed by atoms with E-state index in [4.69, 9.17) is 0 Å². The Morgan fingerprint density at radius 2 is 1.75 bits per heavy atom. The third kappa shape index (κ3) is 3.19. The Morgan fingerprint density at radius 1 is 1.15 bits per heavy atom. The number of halogens is 2. The molecule has 2 rings (SSSR count). The van der Waals surface area contributed by atoms with Gasteiger partial charge in [0.25, 0.3) is 0 Å². The number of aliphatic hydroxyl groups excluding tert-OH is 1. The highest BCUT2D eigenvalue weighted by Crippen LogP contribution is 2.31. The van der Waals surface area contributed by atoms with Gasteiger partial charge in [0, 0.05) is 22.4 Å². The fourth-order valence-electron chi connectivity index (χ4n) is 2.16. The van der Waals surface area contributed by atoms with Gasteiger partial charge < -0.3 is 10.0 Å². The summed E-state index contributed by atoms with van der Waals surface area (Å²) in [5.74, 6) is -0.240. The fourth-order valence-corrected chi connectivity index (χ4v) is 2.86. The van der Waals surface area contributed by atoms with Gasteiger partial charge in [-0.2, -0.15) is 0 Å². The predicted octanol–water partition coefficient (Wildman–Crippen LogP) is 4.80. The van der Waals surface area contributed by atoms with Gasteiger partial charge in [-0.15, -0.1) is 0 Å². The number of rotatable bonds is 4. The number of hydrogen-bond acceptors (Lipinski definition) is 2. The Morgan fingerprint density at radius 3 is 2.25 bits per heavy atom. The second-order valence-corrected chi connectivity index (χ2v) is 5.46. The van der Waals surface area contributed by atoms with E-state index in [1.54, 1.807) is 19.1 Å². The predicted molar refractivity (Wildman–Crippen MR) is 83.9 cm³/mol. The molecule has 0 saturated carbocycles. The summed E-state index contributed by atoms with van der Waals surface area (Å²) in [5, 5.41) is 9.65. The van der Waals surface area contributed by atoms with E-state index in [-0.39, 0.29) is 5.82 Å². The normalized spacial score (nSPS) is 12.2. The van der Waals surface area contributed by atoms with Gasteiger partial charge in [0.15, 0.2) is 0 Å². The number of benzene rings is 2. The first-order valence-corrected chi connectivity index (χ1v) is 7.33. The molecule has 1 N–H and O–H groups in total. The van der Waals surface area contributed by atoms with Crippen LogP contribution in [0, 0.1) is 5.82 Å². The van der Waals surface area contributed by atoms with Crippen LogP contribution in [0.4, 0.5) is 15.8 Å². The summed E-state index contributed by atoms with van der Waals surface area (Å²) in [6, 6.07) is 12.3. The molecule has 2 aromatic carbocycles. The smallest absolute Gasteiger partial charge is 0.123 e. The van der Waals surface area contributed by atoms with E-state index in [0.29, 0.717) is 0 Å². The van der Waals surface area contributed by atoms with Crippen LogP contribution in [0.25, 0.3) is 0 Å². The maximum atomic E-state index is 13.0. The van der Waals surface area contributed by atoms with Gasteiger partial charge in [-0.05, 0) is 55.8 Å². The van der Waals surface area contributed by atoms with Gasteiger partial charge in [0.05, 0.1) is 6.10 Å². The van der Waals surface area contributed by atoms with Crippen molar-refractivity contribution in [3.8, 4) is 0 Å². The Hall–Kier alpha value is -1.39. The van der Waals surface area contributed by atoms with Crippen molar-refractivity contribution in [3.05, 3.63) is 58.3 Å². The summed E-state index contributed by atoms with van der Waals surface area (Å²) in [6.07, 6.45) is -0.515. The quantitative estimate of drug-likeness (QED) is 0.866. The average Bonchev–Trinajstić information content (AvgIpc) is 2.41. The third-order valence-corrected chi connectivity index (χ3v) is 3.89. The van der Waals surface area contributed by atoms with Crippen LogP contribution in [-0.4, -0.2) is 11.7 Å². The van der Waals surface area contributed by atoms with Crippen LogP contribution in [0.15, 0.2) is 46.9 Å². The largest absolute Gasteiger partial charge is 0.389 e. The molecule has 2 aromatic rings. The van der Waals surface area contributed by atoms with Crippen molar-refractivity contribution in [2.75, 3.05) is 11.4 Å². The van der Waals surface area contributed by atoms with Crippen LogP contribution in [-0.2, 0) is 0 Å². The van der Waals surface area contributed by atoms with Gasteiger partial charge in [-0.3, -0.25) is 0 Å². The molecule has 20 heavy (non-hydrogen) atoms. The van der Waals surface area contributed by atoms with Crippen LogP contribution in [0.3, 0.4) is 0 Å². The summed E-state index contributed by atoms with van der Waals surface area (Å²) in [6.45, 7) is 4.54. The topological polar surface area (TPSA) is 23.5 Å². The zero-order valence-electron chi connectivity index (χ0n) is 11.5. The molecule has 0 amide bonds. The van der Waals surface area contributed by atoms with Crippen molar-refractivity contribution >= 4 is 27.3 Å². The van der Waals surface area contributed by atoms with Crippen molar-refractivity contribution < 1.29 is 9.50 Å². The van der Waals surface area contributed by atoms with Crippen LogP contribution in [0.2, 0.25) is 0 Å². The Bertz CT molecular complexity index is 584. The Labute approximate surface area is 127 Å². The summed E-state index contributed by atoms with van der Waals surface area (Å²) in [4.78, 5) is 2.08. The van der Waals surface area contributed by atoms with E-state index in [0.717, 1.165) is 28.0 Å². The van der Waals surface area contributed by atoms with Crippen LogP contribution < -0.4 is 4.90 Å². The molecule has 1 atom stereocenters. The van der Waals surface area contributed by atoms with Crippen molar-refractivity contribution in [1.29, 1.82) is 0 Å². The van der Waals surface area contributed by atoms with E-state index in [1.165, 1.54) is 12.1 Å². The van der Waals surface area contributed by atoms with E-state index in [1.807, 2.05) is 25.1 Å². The molecular formula is C16H17BrFNO. The molecule has 0 unspecified atom stereocenters. The van der Waals surface area contributed by atoms with Gasteiger partial charge in [0.2, 0.25) is 0 Å². The number of anilines is 2. The second-order valence-electron chi connectivity index (χ2n) is 4.60. The molecule has 0 saturated heterocycles. The summed E-state index contributed by atoms with van der Waals surface area (Å²) >= 11 is 3.48. The highest BCUT2D eigenvalue weighted by Gasteiger charge is 2.11. The maximum absolute atomic E-state index is 13.0. The number of nitrogens with zero attached hydrogens (tertiary/aromatic N) is 1. The van der Waals surface area contributed by atoms with E-state index in [9.17, 15) is 9.50 Å².